The number of carbonyl (C=O) groups is 1. The number of nitrogens with zero attached hydrogens (tertiary/aromatic N) is 4. The summed E-state index contributed by atoms with van der Waals surface area (Å²) < 4.78 is 117. The Hall–Kier alpha value is -2.90. The monoisotopic (exact) mass is 523 g/mol. The summed E-state index contributed by atoms with van der Waals surface area (Å²) in [4.78, 5) is 24.0. The Bertz CT molecular complexity index is 945. The van der Waals surface area contributed by atoms with Crippen molar-refractivity contribution in [2.45, 2.75) is 25.5 Å². The van der Waals surface area contributed by atoms with Crippen LogP contribution < -0.4 is 20.5 Å². The van der Waals surface area contributed by atoms with E-state index in [4.69, 9.17) is 0 Å². The van der Waals surface area contributed by atoms with Crippen LogP contribution in [0, 0.1) is 0 Å². The Kier molecular flexibility index (Phi) is 8.50. The highest BCUT2D eigenvalue weighted by atomic mass is 31.1. The zero-order valence-corrected chi connectivity index (χ0v) is 17.9. The summed E-state index contributed by atoms with van der Waals surface area (Å²) in [5.74, 6) is -0.702. The first-order chi connectivity index (χ1) is 15.6. The molecule has 0 aliphatic heterocycles. The molecule has 0 radical (unpaired) electrons. The largest absolute Gasteiger partial charge is 0.454 e. The number of aromatic nitrogens is 3. The van der Waals surface area contributed by atoms with Gasteiger partial charge in [0, 0.05) is 12.2 Å². The molecular formula is C17H15F9N5O2P. The molecule has 1 N–H and O–H groups in total. The zero-order valence-electron chi connectivity index (χ0n) is 16.9. The molecule has 0 spiro atoms. The highest BCUT2D eigenvalue weighted by Gasteiger charge is 2.31. The van der Waals surface area contributed by atoms with Crippen molar-refractivity contribution in [2.24, 2.45) is 0 Å². The Morgan fingerprint density at radius 2 is 1.59 bits per heavy atom. The minimum absolute atomic E-state index is 0.0229. The van der Waals surface area contributed by atoms with Gasteiger partial charge in [0.05, 0.1) is 11.7 Å². The maximum absolute atomic E-state index is 12.7. The van der Waals surface area contributed by atoms with E-state index in [-0.39, 0.29) is 12.2 Å². The minimum atomic E-state index is -4.80. The van der Waals surface area contributed by atoms with Gasteiger partial charge >= 0.3 is 30.6 Å². The predicted molar refractivity (Wildman–Crippen MR) is 104 cm³/mol. The Morgan fingerprint density at radius 1 is 0.971 bits per heavy atom. The predicted octanol–water partition coefficient (Wildman–Crippen LogP) is 4.76. The minimum Gasteiger partial charge on any atom is -0.454 e. The number of anilines is 2. The molecule has 0 bridgehead atoms. The number of hydrogen-bond acceptors (Lipinski definition) is 5. The van der Waals surface area contributed by atoms with Gasteiger partial charge in [0.2, 0.25) is 5.95 Å². The third-order valence-electron chi connectivity index (χ3n) is 3.71. The van der Waals surface area contributed by atoms with E-state index >= 15 is 0 Å². The molecule has 0 saturated heterocycles. The molecule has 1 heterocycles. The standard InChI is InChI=1S/C17H15F9N5O2P/c1-2-31(10-5-3-9(4-6-10)17(24,25)26)14(32)29-11-27-12(33-7-15(18,19)20)30-13(28-11)34-8-16(21,22)23/h3-6,34H,2,7-8H2,1H3,(H,27,28,29,30,32). The van der Waals surface area contributed by atoms with Gasteiger partial charge in [-0.1, -0.05) is 0 Å². The molecule has 1 unspecified atom stereocenters. The number of halogens is 9. The maximum atomic E-state index is 12.7. The van der Waals surface area contributed by atoms with Gasteiger partial charge in [-0.15, -0.1) is 0 Å². The van der Waals surface area contributed by atoms with E-state index in [1.807, 2.05) is 0 Å². The van der Waals surface area contributed by atoms with Gasteiger partial charge in [0.1, 0.15) is 0 Å². The van der Waals surface area contributed by atoms with Gasteiger partial charge in [0.15, 0.2) is 12.2 Å². The molecule has 2 rings (SSSR count). The van der Waals surface area contributed by atoms with E-state index in [1.54, 1.807) is 0 Å². The average molecular weight is 523 g/mol. The third kappa shape index (κ3) is 8.80. The lowest BCUT2D eigenvalue weighted by atomic mass is 10.2. The van der Waals surface area contributed by atoms with Crippen molar-refractivity contribution in [2.75, 3.05) is 29.5 Å². The summed E-state index contributed by atoms with van der Waals surface area (Å²) in [6.45, 7) is -0.445. The number of carbonyl (C=O) groups excluding carboxylic acids is 1. The summed E-state index contributed by atoms with van der Waals surface area (Å²) in [6, 6.07) is 1.49. The Balaban J connectivity index is 2.26. The van der Waals surface area contributed by atoms with Crippen LogP contribution in [0.25, 0.3) is 0 Å². The van der Waals surface area contributed by atoms with Gasteiger partial charge in [-0.05, 0) is 39.8 Å². The second-order valence-electron chi connectivity index (χ2n) is 6.36. The molecule has 7 nitrogen and oxygen atoms in total. The normalized spacial score (nSPS) is 12.8. The summed E-state index contributed by atoms with van der Waals surface area (Å²) >= 11 is 0. The smallest absolute Gasteiger partial charge is 0.422 e. The zero-order chi connectivity index (χ0) is 25.7. The average Bonchev–Trinajstić information content (AvgIpc) is 2.70. The molecule has 34 heavy (non-hydrogen) atoms. The Labute approximate surface area is 187 Å². The molecule has 17 heteroatoms. The van der Waals surface area contributed by atoms with Crippen LogP contribution in [0.15, 0.2) is 24.3 Å². The molecule has 0 fully saturated rings. The van der Waals surface area contributed by atoms with E-state index in [1.165, 1.54) is 6.92 Å². The molecule has 2 amide bonds. The molecule has 1 aromatic carbocycles. The molecule has 0 aliphatic rings. The van der Waals surface area contributed by atoms with Crippen LogP contribution in [-0.2, 0) is 6.18 Å². The van der Waals surface area contributed by atoms with Crippen molar-refractivity contribution in [1.82, 2.24) is 15.0 Å². The molecular weight excluding hydrogens is 508 g/mol. The quantitative estimate of drug-likeness (QED) is 0.419. The summed E-state index contributed by atoms with van der Waals surface area (Å²) in [6.07, 6.45) is -15.4. The van der Waals surface area contributed by atoms with Crippen molar-refractivity contribution >= 4 is 31.8 Å². The van der Waals surface area contributed by atoms with Gasteiger partial charge < -0.3 is 4.74 Å². The number of urea groups is 1. The van der Waals surface area contributed by atoms with Crippen molar-refractivity contribution in [3.63, 3.8) is 0 Å². The number of amides is 2. The van der Waals surface area contributed by atoms with E-state index < -0.39 is 69.0 Å². The van der Waals surface area contributed by atoms with Gasteiger partial charge in [0.25, 0.3) is 0 Å². The van der Waals surface area contributed by atoms with Crippen LogP contribution in [0.5, 0.6) is 6.01 Å². The lowest BCUT2D eigenvalue weighted by Crippen LogP contribution is -2.36. The van der Waals surface area contributed by atoms with Crippen molar-refractivity contribution in [1.29, 1.82) is 0 Å². The highest BCUT2D eigenvalue weighted by Crippen LogP contribution is 2.31. The van der Waals surface area contributed by atoms with Crippen molar-refractivity contribution in [3.8, 4) is 6.01 Å². The second kappa shape index (κ2) is 10.6. The molecule has 1 aromatic heterocycles. The van der Waals surface area contributed by atoms with Crippen LogP contribution in [0.1, 0.15) is 12.5 Å². The maximum Gasteiger partial charge on any atom is 0.422 e. The van der Waals surface area contributed by atoms with E-state index in [9.17, 15) is 44.3 Å². The lowest BCUT2D eigenvalue weighted by molar-refractivity contribution is -0.154. The van der Waals surface area contributed by atoms with Crippen molar-refractivity contribution < 1.29 is 49.0 Å². The number of benzene rings is 1. The van der Waals surface area contributed by atoms with Crippen LogP contribution in [-0.4, -0.2) is 52.6 Å². The first-order valence-electron chi connectivity index (χ1n) is 9.09. The summed E-state index contributed by atoms with van der Waals surface area (Å²) in [5.41, 5.74) is -1.51. The molecule has 0 saturated carbocycles. The topological polar surface area (TPSA) is 80.2 Å². The fourth-order valence-electron chi connectivity index (χ4n) is 2.32. The van der Waals surface area contributed by atoms with Gasteiger partial charge in [-0.25, -0.2) is 4.79 Å². The van der Waals surface area contributed by atoms with Crippen molar-refractivity contribution in [3.05, 3.63) is 29.8 Å². The summed E-state index contributed by atoms with van der Waals surface area (Å²) in [7, 11) is -1.12. The number of ether oxygens (including phenoxy) is 1. The molecule has 188 valence electrons. The van der Waals surface area contributed by atoms with E-state index in [0.29, 0.717) is 0 Å². The van der Waals surface area contributed by atoms with Crippen LogP contribution in [0.2, 0.25) is 0 Å². The number of alkyl halides is 9. The number of hydrogen-bond donors (Lipinski definition) is 1. The highest BCUT2D eigenvalue weighted by molar-refractivity contribution is 7.46. The summed E-state index contributed by atoms with van der Waals surface area (Å²) in [5, 5.41) is 2.08. The fourth-order valence-corrected chi connectivity index (χ4v) is 3.04. The SMILES string of the molecule is CCN(C(=O)Nc1nc(OCC(F)(F)F)nc(PCC(F)(F)F)n1)c1ccc(C(F)(F)F)cc1. The second-order valence-corrected chi connectivity index (χ2v) is 7.51. The van der Waals surface area contributed by atoms with Crippen LogP contribution in [0.3, 0.4) is 0 Å². The van der Waals surface area contributed by atoms with Crippen LogP contribution in [0.4, 0.5) is 55.9 Å². The van der Waals surface area contributed by atoms with Gasteiger partial charge in [-0.3, -0.25) is 10.2 Å². The molecule has 1 atom stereocenters. The van der Waals surface area contributed by atoms with E-state index in [2.05, 4.69) is 25.0 Å². The number of nitrogens with one attached hydrogen (secondary N) is 1. The first-order valence-corrected chi connectivity index (χ1v) is 10.3. The fraction of sp³-hybridized carbons (Fsp3) is 0.412. The van der Waals surface area contributed by atoms with Gasteiger partial charge in [-0.2, -0.15) is 54.5 Å². The molecule has 2 aromatic rings. The first kappa shape index (κ1) is 27.3. The third-order valence-corrected chi connectivity index (χ3v) is 4.83. The lowest BCUT2D eigenvalue weighted by Gasteiger charge is -2.21. The van der Waals surface area contributed by atoms with Crippen LogP contribution >= 0.6 is 8.58 Å². The Morgan fingerprint density at radius 3 is 2.09 bits per heavy atom. The van der Waals surface area contributed by atoms with E-state index in [0.717, 1.165) is 29.2 Å². The molecule has 0 aliphatic carbocycles. The number of rotatable bonds is 7.